The lowest BCUT2D eigenvalue weighted by Gasteiger charge is -2.05. The molecule has 2 aromatic carbocycles. The summed E-state index contributed by atoms with van der Waals surface area (Å²) in [4.78, 5) is 0. The summed E-state index contributed by atoms with van der Waals surface area (Å²) in [6.07, 6.45) is 1.53. The van der Waals surface area contributed by atoms with Crippen LogP contribution in [0.3, 0.4) is 0 Å². The van der Waals surface area contributed by atoms with Crippen molar-refractivity contribution in [3.63, 3.8) is 0 Å². The fraction of sp³-hybridized carbons (Fsp3) is 0. The van der Waals surface area contributed by atoms with Crippen LogP contribution in [0.1, 0.15) is 5.56 Å². The predicted octanol–water partition coefficient (Wildman–Crippen LogP) is 3.75. The lowest BCUT2D eigenvalue weighted by Crippen LogP contribution is -2.09. The SMILES string of the molecule is O=S(=O)(C=Cc1ccccc1)Nc1ccccc1Cl. The second-order valence-electron chi connectivity index (χ2n) is 3.84. The Hall–Kier alpha value is -1.78. The number of nitrogens with one attached hydrogen (secondary N) is 1. The van der Waals surface area contributed by atoms with Crippen LogP contribution < -0.4 is 4.72 Å². The first-order valence-corrected chi connectivity index (χ1v) is 7.50. The number of para-hydroxylation sites is 1. The van der Waals surface area contributed by atoms with Crippen molar-refractivity contribution in [2.45, 2.75) is 0 Å². The summed E-state index contributed by atoms with van der Waals surface area (Å²) in [6, 6.07) is 15.9. The van der Waals surface area contributed by atoms with E-state index in [-0.39, 0.29) is 0 Å². The summed E-state index contributed by atoms with van der Waals surface area (Å²) in [6.45, 7) is 0. The molecule has 0 spiro atoms. The average Bonchev–Trinajstić information content (AvgIpc) is 2.40. The lowest BCUT2D eigenvalue weighted by atomic mass is 10.2. The Morgan fingerprint density at radius 3 is 2.26 bits per heavy atom. The van der Waals surface area contributed by atoms with Crippen molar-refractivity contribution in [2.75, 3.05) is 4.72 Å². The van der Waals surface area contributed by atoms with E-state index in [9.17, 15) is 8.42 Å². The molecule has 0 aliphatic heterocycles. The lowest BCUT2D eigenvalue weighted by molar-refractivity contribution is 0.609. The highest BCUT2D eigenvalue weighted by molar-refractivity contribution is 7.95. The fourth-order valence-electron chi connectivity index (χ4n) is 1.46. The van der Waals surface area contributed by atoms with E-state index < -0.39 is 10.0 Å². The van der Waals surface area contributed by atoms with Gasteiger partial charge in [0.05, 0.1) is 16.1 Å². The molecule has 0 atom stereocenters. The highest BCUT2D eigenvalue weighted by Crippen LogP contribution is 2.22. The van der Waals surface area contributed by atoms with Gasteiger partial charge in [-0.1, -0.05) is 54.1 Å². The zero-order chi connectivity index (χ0) is 13.7. The molecule has 5 heteroatoms. The minimum atomic E-state index is -3.57. The first kappa shape index (κ1) is 13.6. The second kappa shape index (κ2) is 5.91. The largest absolute Gasteiger partial charge is 0.279 e. The molecule has 19 heavy (non-hydrogen) atoms. The van der Waals surface area contributed by atoms with Gasteiger partial charge in [0, 0.05) is 0 Å². The summed E-state index contributed by atoms with van der Waals surface area (Å²) in [5.41, 5.74) is 1.17. The van der Waals surface area contributed by atoms with E-state index >= 15 is 0 Å². The summed E-state index contributed by atoms with van der Waals surface area (Å²) in [5.74, 6) is 0. The highest BCUT2D eigenvalue weighted by atomic mass is 35.5. The normalized spacial score (nSPS) is 11.6. The Labute approximate surface area is 117 Å². The van der Waals surface area contributed by atoms with E-state index in [1.54, 1.807) is 24.3 Å². The molecule has 0 bridgehead atoms. The van der Waals surface area contributed by atoms with Crippen LogP contribution in [0.4, 0.5) is 5.69 Å². The van der Waals surface area contributed by atoms with Crippen molar-refractivity contribution >= 4 is 33.4 Å². The molecule has 0 radical (unpaired) electrons. The predicted molar refractivity (Wildman–Crippen MR) is 79.5 cm³/mol. The molecule has 0 aromatic heterocycles. The maximum absolute atomic E-state index is 11.9. The van der Waals surface area contributed by atoms with Crippen molar-refractivity contribution in [3.8, 4) is 0 Å². The van der Waals surface area contributed by atoms with Crippen molar-refractivity contribution in [1.82, 2.24) is 0 Å². The number of sulfonamides is 1. The molecule has 0 saturated carbocycles. The van der Waals surface area contributed by atoms with Crippen LogP contribution in [0, 0.1) is 0 Å². The minimum Gasteiger partial charge on any atom is -0.279 e. The molecule has 98 valence electrons. The van der Waals surface area contributed by atoms with Gasteiger partial charge in [-0.25, -0.2) is 8.42 Å². The number of hydrogen-bond acceptors (Lipinski definition) is 2. The van der Waals surface area contributed by atoms with Crippen LogP contribution in [-0.2, 0) is 10.0 Å². The zero-order valence-electron chi connectivity index (χ0n) is 9.95. The van der Waals surface area contributed by atoms with E-state index in [0.717, 1.165) is 11.0 Å². The first-order chi connectivity index (χ1) is 9.07. The van der Waals surface area contributed by atoms with Crippen LogP contribution in [0.5, 0.6) is 0 Å². The molecular formula is C14H12ClNO2S. The molecule has 0 unspecified atom stereocenters. The van der Waals surface area contributed by atoms with Crippen LogP contribution in [0.15, 0.2) is 60.0 Å². The van der Waals surface area contributed by atoms with Crippen molar-refractivity contribution in [1.29, 1.82) is 0 Å². The zero-order valence-corrected chi connectivity index (χ0v) is 11.5. The molecule has 3 nitrogen and oxygen atoms in total. The molecule has 2 aromatic rings. The van der Waals surface area contributed by atoms with Crippen molar-refractivity contribution in [2.24, 2.45) is 0 Å². The molecule has 0 amide bonds. The number of rotatable bonds is 4. The van der Waals surface area contributed by atoms with Crippen molar-refractivity contribution in [3.05, 3.63) is 70.6 Å². The first-order valence-electron chi connectivity index (χ1n) is 5.57. The van der Waals surface area contributed by atoms with Gasteiger partial charge in [-0.2, -0.15) is 0 Å². The number of halogens is 1. The van der Waals surface area contributed by atoms with Crippen LogP contribution in [0.2, 0.25) is 5.02 Å². The maximum Gasteiger partial charge on any atom is 0.255 e. The third-order valence-electron chi connectivity index (χ3n) is 2.37. The van der Waals surface area contributed by atoms with Crippen LogP contribution in [0.25, 0.3) is 6.08 Å². The second-order valence-corrected chi connectivity index (χ2v) is 5.81. The third kappa shape index (κ3) is 4.12. The molecule has 0 saturated heterocycles. The van der Waals surface area contributed by atoms with Gasteiger partial charge in [0.2, 0.25) is 0 Å². The Morgan fingerprint density at radius 2 is 1.58 bits per heavy atom. The Kier molecular flexibility index (Phi) is 4.24. The molecule has 0 heterocycles. The summed E-state index contributed by atoms with van der Waals surface area (Å²) in [5, 5.41) is 1.48. The van der Waals surface area contributed by atoms with Gasteiger partial charge < -0.3 is 0 Å². The number of benzene rings is 2. The topological polar surface area (TPSA) is 46.2 Å². The molecule has 2 rings (SSSR count). The molecule has 0 aliphatic carbocycles. The standard InChI is InChI=1S/C14H12ClNO2S/c15-13-8-4-5-9-14(13)16-19(17,18)11-10-12-6-2-1-3-7-12/h1-11,16H. The van der Waals surface area contributed by atoms with Gasteiger partial charge in [0.25, 0.3) is 10.0 Å². The highest BCUT2D eigenvalue weighted by Gasteiger charge is 2.07. The van der Waals surface area contributed by atoms with Crippen LogP contribution >= 0.6 is 11.6 Å². The van der Waals surface area contributed by atoms with E-state index in [0.29, 0.717) is 10.7 Å². The van der Waals surface area contributed by atoms with Gasteiger partial charge >= 0.3 is 0 Å². The number of hydrogen-bond donors (Lipinski definition) is 1. The van der Waals surface area contributed by atoms with Crippen molar-refractivity contribution < 1.29 is 8.42 Å². The molecule has 0 aliphatic rings. The third-order valence-corrected chi connectivity index (χ3v) is 3.69. The average molecular weight is 294 g/mol. The molecule has 0 fully saturated rings. The van der Waals surface area contributed by atoms with Crippen LogP contribution in [-0.4, -0.2) is 8.42 Å². The van der Waals surface area contributed by atoms with Gasteiger partial charge in [0.1, 0.15) is 0 Å². The van der Waals surface area contributed by atoms with Gasteiger partial charge in [-0.3, -0.25) is 4.72 Å². The van der Waals surface area contributed by atoms with E-state index in [1.165, 1.54) is 6.08 Å². The smallest absolute Gasteiger partial charge is 0.255 e. The summed E-state index contributed by atoms with van der Waals surface area (Å²) in [7, 11) is -3.57. The Morgan fingerprint density at radius 1 is 0.947 bits per heavy atom. The molecule has 1 N–H and O–H groups in total. The van der Waals surface area contributed by atoms with Gasteiger partial charge in [-0.15, -0.1) is 0 Å². The minimum absolute atomic E-state index is 0.360. The quantitative estimate of drug-likeness (QED) is 0.933. The van der Waals surface area contributed by atoms with Gasteiger partial charge in [-0.05, 0) is 23.8 Å². The summed E-state index contributed by atoms with van der Waals surface area (Å²) >= 11 is 5.90. The monoisotopic (exact) mass is 293 g/mol. The number of anilines is 1. The molecular weight excluding hydrogens is 282 g/mol. The Bertz CT molecular complexity index is 682. The maximum atomic E-state index is 11.9. The van der Waals surface area contributed by atoms with E-state index in [2.05, 4.69) is 4.72 Å². The Balaban J connectivity index is 2.16. The summed E-state index contributed by atoms with van der Waals surface area (Å²) < 4.78 is 26.1. The fourth-order valence-corrected chi connectivity index (χ4v) is 2.59. The van der Waals surface area contributed by atoms with Gasteiger partial charge in [0.15, 0.2) is 0 Å². The van der Waals surface area contributed by atoms with E-state index in [1.807, 2.05) is 30.3 Å². The van der Waals surface area contributed by atoms with E-state index in [4.69, 9.17) is 11.6 Å².